The molecule has 1 N–H and O–H groups in total. The third kappa shape index (κ3) is 4.20. The summed E-state index contributed by atoms with van der Waals surface area (Å²) in [4.78, 5) is 0. The van der Waals surface area contributed by atoms with Crippen molar-refractivity contribution in [2.24, 2.45) is 0 Å². The molecular weight excluding hydrogens is 230 g/mol. The van der Waals surface area contributed by atoms with Gasteiger partial charge in [-0.15, -0.1) is 0 Å². The zero-order valence-electron chi connectivity index (χ0n) is 10.9. The fourth-order valence-corrected chi connectivity index (χ4v) is 2.01. The van der Waals surface area contributed by atoms with Gasteiger partial charge in [0.25, 0.3) is 0 Å². The lowest BCUT2D eigenvalue weighted by atomic mass is 10.1. The molecular formula is C14H21NO3. The highest BCUT2D eigenvalue weighted by Crippen LogP contribution is 2.16. The maximum atomic E-state index is 5.74. The Balaban J connectivity index is 1.62. The number of hydrogen-bond acceptors (Lipinski definition) is 4. The number of methoxy groups -OCH3 is 1. The van der Waals surface area contributed by atoms with Crippen LogP contribution in [0.4, 0.5) is 0 Å². The second kappa shape index (κ2) is 7.24. The predicted octanol–water partition coefficient (Wildman–Crippen LogP) is 1.84. The first-order chi connectivity index (χ1) is 8.88. The first-order valence-electron chi connectivity index (χ1n) is 6.47. The van der Waals surface area contributed by atoms with Crippen molar-refractivity contribution < 1.29 is 14.2 Å². The van der Waals surface area contributed by atoms with Crippen molar-refractivity contribution in [3.8, 4) is 11.5 Å². The zero-order chi connectivity index (χ0) is 12.6. The smallest absolute Gasteiger partial charge is 0.119 e. The highest BCUT2D eigenvalue weighted by Gasteiger charge is 2.12. The van der Waals surface area contributed by atoms with E-state index in [-0.39, 0.29) is 0 Å². The van der Waals surface area contributed by atoms with Gasteiger partial charge in [0, 0.05) is 6.54 Å². The van der Waals surface area contributed by atoms with Crippen LogP contribution >= 0.6 is 0 Å². The molecule has 2 rings (SSSR count). The second-order valence-corrected chi connectivity index (χ2v) is 4.36. The Hall–Kier alpha value is -1.26. The van der Waals surface area contributed by atoms with E-state index >= 15 is 0 Å². The lowest BCUT2D eigenvalue weighted by molar-refractivity contribution is 0.0205. The number of nitrogens with one attached hydrogen (secondary N) is 1. The van der Waals surface area contributed by atoms with Crippen LogP contribution in [0, 0.1) is 0 Å². The SMILES string of the molecule is COc1ccc(OCCO[C@H]2CCCNC2)cc1. The molecule has 1 aromatic carbocycles. The molecule has 1 aliphatic rings. The lowest BCUT2D eigenvalue weighted by Gasteiger charge is -2.23. The fraction of sp³-hybridized carbons (Fsp3) is 0.571. The zero-order valence-corrected chi connectivity index (χ0v) is 10.9. The molecule has 4 nitrogen and oxygen atoms in total. The van der Waals surface area contributed by atoms with Gasteiger partial charge in [-0.2, -0.15) is 0 Å². The van der Waals surface area contributed by atoms with Crippen LogP contribution in [0.5, 0.6) is 11.5 Å². The number of rotatable bonds is 6. The quantitative estimate of drug-likeness (QED) is 0.783. The molecule has 0 amide bonds. The lowest BCUT2D eigenvalue weighted by Crippen LogP contribution is -2.36. The summed E-state index contributed by atoms with van der Waals surface area (Å²) in [6.45, 7) is 3.30. The number of ether oxygens (including phenoxy) is 3. The average molecular weight is 251 g/mol. The van der Waals surface area contributed by atoms with Crippen LogP contribution in [-0.4, -0.2) is 39.5 Å². The molecule has 100 valence electrons. The fourth-order valence-electron chi connectivity index (χ4n) is 2.01. The van der Waals surface area contributed by atoms with Gasteiger partial charge in [0.15, 0.2) is 0 Å². The second-order valence-electron chi connectivity index (χ2n) is 4.36. The summed E-state index contributed by atoms with van der Waals surface area (Å²) in [5.41, 5.74) is 0. The molecule has 0 radical (unpaired) electrons. The molecule has 1 atom stereocenters. The topological polar surface area (TPSA) is 39.7 Å². The van der Waals surface area contributed by atoms with E-state index in [0.717, 1.165) is 31.0 Å². The van der Waals surface area contributed by atoms with E-state index in [0.29, 0.717) is 19.3 Å². The maximum Gasteiger partial charge on any atom is 0.119 e. The summed E-state index contributed by atoms with van der Waals surface area (Å²) in [6, 6.07) is 7.59. The van der Waals surface area contributed by atoms with E-state index in [2.05, 4.69) is 5.32 Å². The molecule has 1 fully saturated rings. The third-order valence-corrected chi connectivity index (χ3v) is 3.02. The average Bonchev–Trinajstić information content (AvgIpc) is 2.45. The molecule has 0 spiro atoms. The molecule has 0 aromatic heterocycles. The van der Waals surface area contributed by atoms with Crippen molar-refractivity contribution in [3.05, 3.63) is 24.3 Å². The number of piperidine rings is 1. The Morgan fingerprint density at radius 1 is 1.17 bits per heavy atom. The van der Waals surface area contributed by atoms with Crippen LogP contribution in [0.1, 0.15) is 12.8 Å². The van der Waals surface area contributed by atoms with Crippen molar-refractivity contribution >= 4 is 0 Å². The standard InChI is InChI=1S/C14H21NO3/c1-16-12-4-6-13(7-5-12)17-9-10-18-14-3-2-8-15-11-14/h4-7,14-15H,2-3,8-11H2,1H3/t14-/m0/s1. The third-order valence-electron chi connectivity index (χ3n) is 3.02. The minimum Gasteiger partial charge on any atom is -0.497 e. The van der Waals surface area contributed by atoms with Crippen LogP contribution in [0.25, 0.3) is 0 Å². The summed E-state index contributed by atoms with van der Waals surface area (Å²) >= 11 is 0. The molecule has 0 aliphatic carbocycles. The summed E-state index contributed by atoms with van der Waals surface area (Å²) in [5.74, 6) is 1.69. The van der Waals surface area contributed by atoms with Crippen LogP contribution in [-0.2, 0) is 4.74 Å². The molecule has 1 aromatic rings. The van der Waals surface area contributed by atoms with E-state index in [1.54, 1.807) is 7.11 Å². The predicted molar refractivity (Wildman–Crippen MR) is 70.3 cm³/mol. The van der Waals surface area contributed by atoms with Gasteiger partial charge >= 0.3 is 0 Å². The maximum absolute atomic E-state index is 5.74. The Morgan fingerprint density at radius 3 is 2.61 bits per heavy atom. The van der Waals surface area contributed by atoms with E-state index < -0.39 is 0 Å². The van der Waals surface area contributed by atoms with E-state index in [1.165, 1.54) is 6.42 Å². The normalized spacial score (nSPS) is 19.5. The Labute approximate surface area is 108 Å². The Bertz CT molecular complexity index is 333. The van der Waals surface area contributed by atoms with Gasteiger partial charge in [-0.1, -0.05) is 0 Å². The molecule has 1 heterocycles. The molecule has 1 saturated heterocycles. The first-order valence-corrected chi connectivity index (χ1v) is 6.47. The molecule has 0 saturated carbocycles. The molecule has 0 bridgehead atoms. The summed E-state index contributed by atoms with van der Waals surface area (Å²) in [6.07, 6.45) is 2.69. The number of benzene rings is 1. The summed E-state index contributed by atoms with van der Waals surface area (Å²) in [7, 11) is 1.65. The van der Waals surface area contributed by atoms with Gasteiger partial charge in [-0.25, -0.2) is 0 Å². The van der Waals surface area contributed by atoms with Crippen molar-refractivity contribution in [2.75, 3.05) is 33.4 Å². The highest BCUT2D eigenvalue weighted by atomic mass is 16.5. The van der Waals surface area contributed by atoms with Crippen LogP contribution in [0.2, 0.25) is 0 Å². The van der Waals surface area contributed by atoms with Gasteiger partial charge in [0.1, 0.15) is 18.1 Å². The van der Waals surface area contributed by atoms with Crippen molar-refractivity contribution in [3.63, 3.8) is 0 Å². The van der Waals surface area contributed by atoms with Crippen LogP contribution in [0.15, 0.2) is 24.3 Å². The molecule has 4 heteroatoms. The van der Waals surface area contributed by atoms with Gasteiger partial charge < -0.3 is 19.5 Å². The van der Waals surface area contributed by atoms with Gasteiger partial charge in [-0.3, -0.25) is 0 Å². The van der Waals surface area contributed by atoms with Crippen LogP contribution < -0.4 is 14.8 Å². The van der Waals surface area contributed by atoms with Gasteiger partial charge in [0.05, 0.1) is 19.8 Å². The van der Waals surface area contributed by atoms with E-state index in [4.69, 9.17) is 14.2 Å². The van der Waals surface area contributed by atoms with Crippen molar-refractivity contribution in [2.45, 2.75) is 18.9 Å². The minimum absolute atomic E-state index is 0.346. The van der Waals surface area contributed by atoms with E-state index in [9.17, 15) is 0 Å². The summed E-state index contributed by atoms with van der Waals surface area (Å²) in [5, 5.41) is 3.33. The van der Waals surface area contributed by atoms with Gasteiger partial charge in [-0.05, 0) is 43.7 Å². The molecule has 18 heavy (non-hydrogen) atoms. The minimum atomic E-state index is 0.346. The largest absolute Gasteiger partial charge is 0.497 e. The van der Waals surface area contributed by atoms with Crippen molar-refractivity contribution in [1.29, 1.82) is 0 Å². The molecule has 1 aliphatic heterocycles. The van der Waals surface area contributed by atoms with Gasteiger partial charge in [0.2, 0.25) is 0 Å². The monoisotopic (exact) mass is 251 g/mol. The number of hydrogen-bond donors (Lipinski definition) is 1. The van der Waals surface area contributed by atoms with E-state index in [1.807, 2.05) is 24.3 Å². The first kappa shape index (κ1) is 13.2. The van der Waals surface area contributed by atoms with Crippen molar-refractivity contribution in [1.82, 2.24) is 5.32 Å². The van der Waals surface area contributed by atoms with Crippen LogP contribution in [0.3, 0.4) is 0 Å². The molecule has 0 unspecified atom stereocenters. The Morgan fingerprint density at radius 2 is 1.94 bits per heavy atom. The highest BCUT2D eigenvalue weighted by molar-refractivity contribution is 5.31. The Kier molecular flexibility index (Phi) is 5.30. The summed E-state index contributed by atoms with van der Waals surface area (Å²) < 4.78 is 16.4.